The number of hydrogen-bond acceptors (Lipinski definition) is 9. The Labute approximate surface area is 228 Å². The highest BCUT2D eigenvalue weighted by molar-refractivity contribution is 7.92. The highest BCUT2D eigenvalue weighted by Crippen LogP contribution is 2.43. The van der Waals surface area contributed by atoms with Crippen molar-refractivity contribution in [2.24, 2.45) is 0 Å². The van der Waals surface area contributed by atoms with E-state index in [4.69, 9.17) is 14.7 Å². The largest absolute Gasteiger partial charge is 0.361 e. The summed E-state index contributed by atoms with van der Waals surface area (Å²) < 4.78 is 22.0. The third-order valence-electron chi connectivity index (χ3n) is 7.37. The van der Waals surface area contributed by atoms with Gasteiger partial charge in [0.2, 0.25) is 0 Å². The molecule has 0 amide bonds. The number of fused-ring (bicyclic) bond motifs is 1. The van der Waals surface area contributed by atoms with Crippen molar-refractivity contribution in [2.45, 2.75) is 77.3 Å². The van der Waals surface area contributed by atoms with Gasteiger partial charge in [0.25, 0.3) is 5.56 Å². The van der Waals surface area contributed by atoms with E-state index in [1.54, 1.807) is 30.0 Å². The molecule has 5 rings (SSSR count). The van der Waals surface area contributed by atoms with Crippen molar-refractivity contribution in [2.75, 3.05) is 11.1 Å². The van der Waals surface area contributed by atoms with E-state index in [1.807, 2.05) is 39.8 Å². The Morgan fingerprint density at radius 2 is 1.79 bits per heavy atom. The molecule has 0 radical (unpaired) electrons. The number of anilines is 1. The molecule has 1 aliphatic rings. The lowest BCUT2D eigenvalue weighted by Gasteiger charge is -2.19. The molecule has 3 heterocycles. The van der Waals surface area contributed by atoms with Gasteiger partial charge < -0.3 is 5.32 Å². The summed E-state index contributed by atoms with van der Waals surface area (Å²) in [6.45, 7) is 9.96. The number of rotatable bonds is 9. The van der Waals surface area contributed by atoms with Crippen molar-refractivity contribution in [1.29, 1.82) is 4.78 Å². The Balaban J connectivity index is 1.57. The van der Waals surface area contributed by atoms with Crippen LogP contribution in [-0.4, -0.2) is 39.4 Å². The standard InChI is InChI=1S/C28H34N8O2S/c1-6-16(3)36-27-23(18(5)33-25(35-27)22-17(4)31-15-32-24(22)20-10-11-20)34-26(28(36)37)30-14-19-8-12-21(13-9-19)39(29,38)7-2/h8-9,12-13,15-16,20,29H,6-7,10-11,14H2,1-5H3,(H,30,34). The first-order valence-electron chi connectivity index (χ1n) is 13.4. The maximum absolute atomic E-state index is 13.7. The molecule has 4 aromatic rings. The quantitative estimate of drug-likeness (QED) is 0.294. The van der Waals surface area contributed by atoms with E-state index >= 15 is 0 Å². The van der Waals surface area contributed by atoms with E-state index in [-0.39, 0.29) is 23.2 Å². The molecule has 204 valence electrons. The molecule has 1 aliphatic carbocycles. The fourth-order valence-corrected chi connectivity index (χ4v) is 5.56. The molecule has 2 atom stereocenters. The first-order chi connectivity index (χ1) is 18.6. The Hall–Kier alpha value is -3.73. The number of nitrogens with zero attached hydrogens (tertiary/aromatic N) is 6. The Kier molecular flexibility index (Phi) is 7.19. The first-order valence-corrected chi connectivity index (χ1v) is 15.1. The summed E-state index contributed by atoms with van der Waals surface area (Å²) in [7, 11) is -2.77. The lowest BCUT2D eigenvalue weighted by atomic mass is 10.1. The smallest absolute Gasteiger partial charge is 0.295 e. The summed E-state index contributed by atoms with van der Waals surface area (Å²) in [5, 5.41) is 3.19. The lowest BCUT2D eigenvalue weighted by molar-refractivity contribution is 0.526. The maximum atomic E-state index is 13.7. The molecule has 10 nitrogen and oxygen atoms in total. The summed E-state index contributed by atoms with van der Waals surface area (Å²) in [6.07, 6.45) is 4.52. The molecule has 1 aromatic carbocycles. The minimum atomic E-state index is -2.77. The van der Waals surface area contributed by atoms with Gasteiger partial charge in [0.15, 0.2) is 17.3 Å². The van der Waals surface area contributed by atoms with Crippen LogP contribution >= 0.6 is 0 Å². The Morgan fingerprint density at radius 1 is 1.08 bits per heavy atom. The molecule has 39 heavy (non-hydrogen) atoms. The van der Waals surface area contributed by atoms with E-state index in [1.165, 1.54) is 0 Å². The van der Waals surface area contributed by atoms with E-state index < -0.39 is 9.73 Å². The molecule has 0 bridgehead atoms. The molecular weight excluding hydrogens is 512 g/mol. The normalized spacial score (nSPS) is 15.7. The molecule has 0 saturated heterocycles. The van der Waals surface area contributed by atoms with Crippen LogP contribution < -0.4 is 10.9 Å². The topological polar surface area (TPSA) is 139 Å². The van der Waals surface area contributed by atoms with Crippen LogP contribution in [-0.2, 0) is 16.3 Å². The van der Waals surface area contributed by atoms with Crippen LogP contribution in [0.15, 0.2) is 40.3 Å². The van der Waals surface area contributed by atoms with Gasteiger partial charge in [0.05, 0.1) is 32.4 Å². The average Bonchev–Trinajstić information content (AvgIpc) is 3.77. The molecule has 3 aromatic heterocycles. The third-order valence-corrected chi connectivity index (χ3v) is 9.22. The second-order valence-corrected chi connectivity index (χ2v) is 12.6. The minimum Gasteiger partial charge on any atom is -0.361 e. The molecular formula is C28H34N8O2S. The molecule has 11 heteroatoms. The zero-order valence-electron chi connectivity index (χ0n) is 23.0. The van der Waals surface area contributed by atoms with Gasteiger partial charge >= 0.3 is 0 Å². The highest BCUT2D eigenvalue weighted by Gasteiger charge is 2.30. The number of aryl methyl sites for hydroxylation is 2. The zero-order valence-corrected chi connectivity index (χ0v) is 23.8. The van der Waals surface area contributed by atoms with Gasteiger partial charge in [-0.3, -0.25) is 9.36 Å². The van der Waals surface area contributed by atoms with Crippen molar-refractivity contribution in [3.05, 3.63) is 63.6 Å². The van der Waals surface area contributed by atoms with Crippen molar-refractivity contribution in [1.82, 2.24) is 29.5 Å². The average molecular weight is 547 g/mol. The zero-order chi connectivity index (χ0) is 27.9. The number of hydrogen-bond donors (Lipinski definition) is 2. The second kappa shape index (κ2) is 10.4. The van der Waals surface area contributed by atoms with Crippen LogP contribution in [0, 0.1) is 18.6 Å². The summed E-state index contributed by atoms with van der Waals surface area (Å²) >= 11 is 0. The van der Waals surface area contributed by atoms with E-state index in [9.17, 15) is 9.00 Å². The van der Waals surface area contributed by atoms with E-state index in [0.29, 0.717) is 40.0 Å². The van der Waals surface area contributed by atoms with Gasteiger partial charge in [0.1, 0.15) is 11.8 Å². The highest BCUT2D eigenvalue weighted by atomic mass is 32.2. The maximum Gasteiger partial charge on any atom is 0.295 e. The lowest BCUT2D eigenvalue weighted by Crippen LogP contribution is -2.28. The Morgan fingerprint density at radius 3 is 2.44 bits per heavy atom. The van der Waals surface area contributed by atoms with Crippen LogP contribution in [0.1, 0.15) is 74.6 Å². The SMILES string of the molecule is CCC(C)n1c(=O)c(NCc2ccc(S(=N)(=O)CC)cc2)nc2c(C)nc(-c3c(C)ncnc3C3CC3)nc21. The molecule has 0 aliphatic heterocycles. The molecule has 1 saturated carbocycles. The van der Waals surface area contributed by atoms with Crippen LogP contribution in [0.2, 0.25) is 0 Å². The number of nitrogens with one attached hydrogen (secondary N) is 2. The van der Waals surface area contributed by atoms with Crippen molar-refractivity contribution in [3.63, 3.8) is 0 Å². The second-order valence-electron chi connectivity index (χ2n) is 10.2. The molecule has 0 spiro atoms. The van der Waals surface area contributed by atoms with Crippen LogP contribution in [0.25, 0.3) is 22.6 Å². The van der Waals surface area contributed by atoms with Crippen LogP contribution in [0.3, 0.4) is 0 Å². The molecule has 2 N–H and O–H groups in total. The van der Waals surface area contributed by atoms with Gasteiger partial charge in [-0.15, -0.1) is 0 Å². The van der Waals surface area contributed by atoms with E-state index in [2.05, 4.69) is 20.3 Å². The Bertz CT molecular complexity index is 1710. The van der Waals surface area contributed by atoms with Crippen molar-refractivity contribution >= 4 is 26.7 Å². The first kappa shape index (κ1) is 26.9. The predicted octanol–water partition coefficient (Wildman–Crippen LogP) is 5.15. The summed E-state index contributed by atoms with van der Waals surface area (Å²) in [4.78, 5) is 37.6. The number of aromatic nitrogens is 6. The van der Waals surface area contributed by atoms with Crippen LogP contribution in [0.4, 0.5) is 5.82 Å². The van der Waals surface area contributed by atoms with Gasteiger partial charge in [-0.2, -0.15) is 0 Å². The van der Waals surface area contributed by atoms with Crippen molar-refractivity contribution in [3.8, 4) is 11.4 Å². The van der Waals surface area contributed by atoms with Gasteiger partial charge in [-0.1, -0.05) is 26.0 Å². The summed E-state index contributed by atoms with van der Waals surface area (Å²) in [6, 6.07) is 6.96. The summed E-state index contributed by atoms with van der Waals surface area (Å²) in [5.74, 6) is 1.41. The third kappa shape index (κ3) is 5.15. The van der Waals surface area contributed by atoms with Gasteiger partial charge in [0, 0.05) is 29.2 Å². The minimum absolute atomic E-state index is 0.111. The molecule has 2 unspecified atom stereocenters. The van der Waals surface area contributed by atoms with E-state index in [0.717, 1.165) is 41.8 Å². The fraction of sp³-hybridized carbons (Fsp3) is 0.429. The number of benzene rings is 1. The molecule has 1 fully saturated rings. The van der Waals surface area contributed by atoms with Gasteiger partial charge in [-0.25, -0.2) is 33.9 Å². The van der Waals surface area contributed by atoms with Gasteiger partial charge in [-0.05, 0) is 57.7 Å². The fourth-order valence-electron chi connectivity index (χ4n) is 4.65. The summed E-state index contributed by atoms with van der Waals surface area (Å²) in [5.41, 5.74) is 5.01. The van der Waals surface area contributed by atoms with Crippen molar-refractivity contribution < 1.29 is 4.21 Å². The predicted molar refractivity (Wildman–Crippen MR) is 153 cm³/mol. The monoisotopic (exact) mass is 546 g/mol. The van der Waals surface area contributed by atoms with Crippen LogP contribution in [0.5, 0.6) is 0 Å².